The fourth-order valence-electron chi connectivity index (χ4n) is 0.961. The van der Waals surface area contributed by atoms with E-state index >= 15 is 0 Å². The second-order valence-electron chi connectivity index (χ2n) is 3.15. The maximum atomic E-state index is 8.96. The van der Waals surface area contributed by atoms with Crippen LogP contribution in [0.15, 0.2) is 15.6 Å². The van der Waals surface area contributed by atoms with Crippen LogP contribution in [0.5, 0.6) is 0 Å². The van der Waals surface area contributed by atoms with Gasteiger partial charge in [-0.15, -0.1) is 11.8 Å². The molecule has 0 fully saturated rings. The van der Waals surface area contributed by atoms with E-state index in [2.05, 4.69) is 4.99 Å². The van der Waals surface area contributed by atoms with Gasteiger partial charge in [0.2, 0.25) is 0 Å². The molecule has 0 radical (unpaired) electrons. The van der Waals surface area contributed by atoms with E-state index in [1.165, 1.54) is 0 Å². The molecule has 0 amide bonds. The summed E-state index contributed by atoms with van der Waals surface area (Å²) in [6, 6.07) is 0. The smallest absolute Gasteiger partial charge is 0.0861 e. The van der Waals surface area contributed by atoms with Gasteiger partial charge in [-0.25, -0.2) is 0 Å². The molecule has 2 N–H and O–H groups in total. The molecular weight excluding hydrogens is 174 g/mol. The summed E-state index contributed by atoms with van der Waals surface area (Å²) >= 11 is 1.54. The Hall–Kier alpha value is -0.320. The Bertz CT molecular complexity index is 233. The number of hydrogen-bond acceptors (Lipinski definition) is 4. The highest BCUT2D eigenvalue weighted by Crippen LogP contribution is 2.35. The maximum absolute atomic E-state index is 8.96. The molecule has 0 saturated carbocycles. The lowest BCUT2D eigenvalue weighted by Crippen LogP contribution is -2.21. The predicted molar refractivity (Wildman–Crippen MR) is 51.4 cm³/mol. The molecule has 4 heteroatoms. The van der Waals surface area contributed by atoms with Crippen LogP contribution in [-0.4, -0.2) is 34.4 Å². The third-order valence-corrected chi connectivity index (χ3v) is 2.78. The molecule has 0 atom stereocenters. The number of nitrogens with zero attached hydrogens (tertiary/aromatic N) is 1. The van der Waals surface area contributed by atoms with Crippen molar-refractivity contribution < 1.29 is 10.2 Å². The van der Waals surface area contributed by atoms with Gasteiger partial charge in [0.05, 0.1) is 23.7 Å². The van der Waals surface area contributed by atoms with Crippen LogP contribution in [0.2, 0.25) is 0 Å². The van der Waals surface area contributed by atoms with Crippen LogP contribution >= 0.6 is 11.8 Å². The van der Waals surface area contributed by atoms with Crippen molar-refractivity contribution in [1.29, 1.82) is 0 Å². The molecule has 0 spiro atoms. The van der Waals surface area contributed by atoms with E-state index in [0.717, 1.165) is 4.91 Å². The first-order chi connectivity index (χ1) is 5.59. The first kappa shape index (κ1) is 9.77. The van der Waals surface area contributed by atoms with Gasteiger partial charge in [-0.3, -0.25) is 4.99 Å². The van der Waals surface area contributed by atoms with Gasteiger partial charge in [-0.05, 0) is 13.8 Å². The van der Waals surface area contributed by atoms with E-state index in [1.54, 1.807) is 18.0 Å². The molecule has 1 aliphatic rings. The predicted octanol–water partition coefficient (Wildman–Crippen LogP) is 0.779. The molecule has 68 valence electrons. The molecular formula is C8H13NO2S. The Morgan fingerprint density at radius 2 is 2.08 bits per heavy atom. The van der Waals surface area contributed by atoms with Crippen molar-refractivity contribution in [2.45, 2.75) is 18.6 Å². The normalized spacial score (nSPS) is 21.7. The van der Waals surface area contributed by atoms with E-state index in [1.807, 2.05) is 13.8 Å². The molecule has 3 nitrogen and oxygen atoms in total. The highest BCUT2D eigenvalue weighted by molar-refractivity contribution is 8.05. The number of rotatable bonds is 2. The van der Waals surface area contributed by atoms with Crippen molar-refractivity contribution in [3.8, 4) is 0 Å². The fourth-order valence-corrected chi connectivity index (χ4v) is 2.00. The van der Waals surface area contributed by atoms with Crippen LogP contribution in [-0.2, 0) is 0 Å². The van der Waals surface area contributed by atoms with Crippen LogP contribution in [0.3, 0.4) is 0 Å². The second-order valence-corrected chi connectivity index (χ2v) is 4.90. The van der Waals surface area contributed by atoms with E-state index in [-0.39, 0.29) is 18.0 Å². The van der Waals surface area contributed by atoms with Gasteiger partial charge in [-0.2, -0.15) is 0 Å². The summed E-state index contributed by atoms with van der Waals surface area (Å²) in [5, 5.41) is 17.8. The van der Waals surface area contributed by atoms with Crippen molar-refractivity contribution in [3.05, 3.63) is 10.6 Å². The van der Waals surface area contributed by atoms with E-state index in [4.69, 9.17) is 10.2 Å². The topological polar surface area (TPSA) is 52.8 Å². The van der Waals surface area contributed by atoms with Crippen LogP contribution in [0, 0.1) is 0 Å². The summed E-state index contributed by atoms with van der Waals surface area (Å²) in [6.07, 6.45) is 1.79. The first-order valence-corrected chi connectivity index (χ1v) is 4.58. The van der Waals surface area contributed by atoms with Crippen molar-refractivity contribution in [2.75, 3.05) is 13.2 Å². The zero-order chi connectivity index (χ0) is 9.19. The van der Waals surface area contributed by atoms with Crippen molar-refractivity contribution >= 4 is 18.0 Å². The summed E-state index contributed by atoms with van der Waals surface area (Å²) in [5.74, 6) is 0. The third kappa shape index (κ3) is 2.09. The maximum Gasteiger partial charge on any atom is 0.0861 e. The fraction of sp³-hybridized carbons (Fsp3) is 0.625. The Balaban J connectivity index is 2.86. The average Bonchev–Trinajstić information content (AvgIpc) is 2.03. The van der Waals surface area contributed by atoms with Gasteiger partial charge in [0.25, 0.3) is 0 Å². The van der Waals surface area contributed by atoms with Gasteiger partial charge in [0.1, 0.15) is 0 Å². The molecule has 1 rings (SSSR count). The molecule has 0 aromatic rings. The number of thioether (sulfide) groups is 1. The van der Waals surface area contributed by atoms with Crippen LogP contribution in [0.4, 0.5) is 0 Å². The quantitative estimate of drug-likeness (QED) is 0.671. The molecule has 0 bridgehead atoms. The minimum absolute atomic E-state index is 0.0403. The lowest BCUT2D eigenvalue weighted by atomic mass is 10.2. The van der Waals surface area contributed by atoms with E-state index < -0.39 is 0 Å². The van der Waals surface area contributed by atoms with Crippen LogP contribution < -0.4 is 0 Å². The molecule has 0 aliphatic carbocycles. The SMILES string of the molecule is CC1(C)C=NC(CO)=C(CO)S1. The minimum Gasteiger partial charge on any atom is -0.391 e. The number of aliphatic imine (C=N–C) groups is 1. The van der Waals surface area contributed by atoms with Crippen LogP contribution in [0.1, 0.15) is 13.8 Å². The molecule has 0 unspecified atom stereocenters. The summed E-state index contributed by atoms with van der Waals surface area (Å²) in [6.45, 7) is 3.90. The number of hydrogen-bond donors (Lipinski definition) is 2. The molecule has 1 heterocycles. The Morgan fingerprint density at radius 1 is 1.42 bits per heavy atom. The highest BCUT2D eigenvalue weighted by Gasteiger charge is 2.23. The van der Waals surface area contributed by atoms with Crippen molar-refractivity contribution in [2.24, 2.45) is 4.99 Å². The molecule has 0 aromatic carbocycles. The van der Waals surface area contributed by atoms with Crippen molar-refractivity contribution in [3.63, 3.8) is 0 Å². The van der Waals surface area contributed by atoms with Gasteiger partial charge in [0, 0.05) is 11.1 Å². The molecule has 1 aliphatic heterocycles. The monoisotopic (exact) mass is 187 g/mol. The van der Waals surface area contributed by atoms with Gasteiger partial charge in [-0.1, -0.05) is 0 Å². The average molecular weight is 187 g/mol. The first-order valence-electron chi connectivity index (χ1n) is 3.77. The lowest BCUT2D eigenvalue weighted by Gasteiger charge is -2.24. The van der Waals surface area contributed by atoms with E-state index in [0.29, 0.717) is 5.70 Å². The second kappa shape index (κ2) is 3.60. The minimum atomic E-state index is -0.102. The number of aliphatic hydroxyl groups is 2. The zero-order valence-electron chi connectivity index (χ0n) is 7.24. The lowest BCUT2D eigenvalue weighted by molar-refractivity contribution is 0.316. The van der Waals surface area contributed by atoms with E-state index in [9.17, 15) is 0 Å². The summed E-state index contributed by atoms with van der Waals surface area (Å²) in [7, 11) is 0. The Labute approximate surface area is 76.2 Å². The van der Waals surface area contributed by atoms with Gasteiger partial charge < -0.3 is 10.2 Å². The third-order valence-electron chi connectivity index (χ3n) is 1.53. The van der Waals surface area contributed by atoms with Gasteiger partial charge >= 0.3 is 0 Å². The largest absolute Gasteiger partial charge is 0.391 e. The Kier molecular flexibility index (Phi) is 2.93. The number of aliphatic hydroxyl groups excluding tert-OH is 2. The molecule has 12 heavy (non-hydrogen) atoms. The summed E-state index contributed by atoms with van der Waals surface area (Å²) < 4.78 is -0.0727. The summed E-state index contributed by atoms with van der Waals surface area (Å²) in [4.78, 5) is 4.85. The standard InChI is InChI=1S/C8H13NO2S/c1-8(2)5-9-6(3-10)7(4-11)12-8/h5,10-11H,3-4H2,1-2H3. The van der Waals surface area contributed by atoms with Gasteiger partial charge in [0.15, 0.2) is 0 Å². The zero-order valence-corrected chi connectivity index (χ0v) is 8.06. The highest BCUT2D eigenvalue weighted by atomic mass is 32.2. The van der Waals surface area contributed by atoms with Crippen molar-refractivity contribution in [1.82, 2.24) is 0 Å². The van der Waals surface area contributed by atoms with Crippen LogP contribution in [0.25, 0.3) is 0 Å². The summed E-state index contributed by atoms with van der Waals surface area (Å²) in [5.41, 5.74) is 0.585. The molecule has 0 saturated heterocycles. The molecule has 0 aromatic heterocycles. The Morgan fingerprint density at radius 3 is 2.58 bits per heavy atom.